The van der Waals surface area contributed by atoms with Crippen LogP contribution in [0.3, 0.4) is 0 Å². The molecule has 8 heteroatoms. The van der Waals surface area contributed by atoms with Gasteiger partial charge in [0.25, 0.3) is 5.91 Å². The summed E-state index contributed by atoms with van der Waals surface area (Å²) in [5.41, 5.74) is -2.25. The molecule has 0 bridgehead atoms. The molecular weight excluding hydrogens is 429 g/mol. The lowest BCUT2D eigenvalue weighted by Gasteiger charge is -2.35. The van der Waals surface area contributed by atoms with Crippen LogP contribution in [0.1, 0.15) is 18.4 Å². The van der Waals surface area contributed by atoms with Crippen molar-refractivity contribution in [3.05, 3.63) is 33.3 Å². The van der Waals surface area contributed by atoms with Crippen molar-refractivity contribution in [1.29, 1.82) is 0 Å². The number of rotatable bonds is 6. The largest absolute Gasteiger partial charge is 0.361 e. The van der Waals surface area contributed by atoms with Crippen molar-refractivity contribution in [3.8, 4) is 0 Å². The van der Waals surface area contributed by atoms with Gasteiger partial charge in [0.05, 0.1) is 5.02 Å². The van der Waals surface area contributed by atoms with Crippen molar-refractivity contribution in [1.82, 2.24) is 4.90 Å². The Morgan fingerprint density at radius 1 is 1.36 bits per heavy atom. The zero-order chi connectivity index (χ0) is 18.8. The Labute approximate surface area is 161 Å². The normalized spacial score (nSPS) is 21.8. The van der Waals surface area contributed by atoms with Crippen LogP contribution >= 0.6 is 27.5 Å². The molecule has 2 rings (SSSR count). The van der Waals surface area contributed by atoms with E-state index in [0.717, 1.165) is 10.9 Å². The van der Waals surface area contributed by atoms with Crippen LogP contribution in [0.2, 0.25) is 30.7 Å². The van der Waals surface area contributed by atoms with Gasteiger partial charge in [-0.25, -0.2) is 4.39 Å². The second kappa shape index (κ2) is 7.86. The molecule has 1 aliphatic rings. The number of halogens is 3. The lowest BCUT2D eigenvalue weighted by Crippen LogP contribution is -2.52. The molecule has 2 amide bonds. The minimum absolute atomic E-state index is 0.0670. The van der Waals surface area contributed by atoms with Crippen molar-refractivity contribution in [2.45, 2.75) is 44.2 Å². The average Bonchev–Trinajstić information content (AvgIpc) is 2.52. The Morgan fingerprint density at radius 3 is 2.68 bits per heavy atom. The number of imide groups is 1. The highest BCUT2D eigenvalue weighted by atomic mass is 79.9. The quantitative estimate of drug-likeness (QED) is 0.358. The van der Waals surface area contributed by atoms with Gasteiger partial charge in [0, 0.05) is 37.6 Å². The van der Waals surface area contributed by atoms with Gasteiger partial charge in [-0.1, -0.05) is 43.4 Å². The Kier molecular flexibility index (Phi) is 6.46. The third-order valence-corrected chi connectivity index (χ3v) is 7.16. The van der Waals surface area contributed by atoms with Crippen molar-refractivity contribution in [3.63, 3.8) is 0 Å². The van der Waals surface area contributed by atoms with E-state index in [-0.39, 0.29) is 30.2 Å². The minimum Gasteiger partial charge on any atom is -0.361 e. The summed E-state index contributed by atoms with van der Waals surface area (Å²) < 4.78 is 21.6. The molecule has 0 spiro atoms. The zero-order valence-electron chi connectivity index (χ0n) is 14.6. The molecule has 1 heterocycles. The Bertz CT molecular complexity index is 682. The van der Waals surface area contributed by atoms with E-state index in [1.807, 2.05) is 0 Å². The second-order valence-corrected chi connectivity index (χ2v) is 14.2. The molecule has 1 fully saturated rings. The summed E-state index contributed by atoms with van der Waals surface area (Å²) in [5.74, 6) is -1.32. The number of ether oxygens (including phenoxy) is 1. The third kappa shape index (κ3) is 4.70. The summed E-state index contributed by atoms with van der Waals surface area (Å²) in [7, 11) is -1.28. The predicted octanol–water partition coefficient (Wildman–Crippen LogP) is 4.73. The fourth-order valence-corrected chi connectivity index (χ4v) is 3.97. The SMILES string of the molecule is C[Si](C)(C)CCOCN1C(=O)CCC(F)(c2cccc(Br)c2Cl)C1=O. The topological polar surface area (TPSA) is 46.6 Å². The summed E-state index contributed by atoms with van der Waals surface area (Å²) in [4.78, 5) is 25.7. The molecule has 1 atom stereocenters. The summed E-state index contributed by atoms with van der Waals surface area (Å²) in [6.07, 6.45) is -0.283. The van der Waals surface area contributed by atoms with Crippen molar-refractivity contribution >= 4 is 47.4 Å². The number of piperidine rings is 1. The van der Waals surface area contributed by atoms with Crippen molar-refractivity contribution in [2.24, 2.45) is 0 Å². The average molecular weight is 451 g/mol. The van der Waals surface area contributed by atoms with E-state index in [2.05, 4.69) is 35.6 Å². The Morgan fingerprint density at radius 2 is 2.04 bits per heavy atom. The van der Waals surface area contributed by atoms with Gasteiger partial charge in [-0.15, -0.1) is 0 Å². The zero-order valence-corrected chi connectivity index (χ0v) is 17.9. The maximum atomic E-state index is 15.6. The predicted molar refractivity (Wildman–Crippen MR) is 102 cm³/mol. The van der Waals surface area contributed by atoms with Gasteiger partial charge in [0.2, 0.25) is 11.6 Å². The molecule has 0 N–H and O–H groups in total. The Hall–Kier alpha value is -0.763. The fraction of sp³-hybridized carbons (Fsp3) is 0.529. The number of likely N-dealkylation sites (tertiary alicyclic amines) is 1. The number of hydrogen-bond acceptors (Lipinski definition) is 3. The van der Waals surface area contributed by atoms with E-state index >= 15 is 4.39 Å². The number of nitrogens with zero attached hydrogens (tertiary/aromatic N) is 1. The number of amides is 2. The summed E-state index contributed by atoms with van der Waals surface area (Å²) in [6.45, 7) is 6.84. The highest BCUT2D eigenvalue weighted by Gasteiger charge is 2.50. The number of hydrogen-bond donors (Lipinski definition) is 0. The summed E-state index contributed by atoms with van der Waals surface area (Å²) in [5, 5.41) is 0.146. The van der Waals surface area contributed by atoms with Gasteiger partial charge in [-0.2, -0.15) is 0 Å². The number of benzene rings is 1. The van der Waals surface area contributed by atoms with E-state index in [4.69, 9.17) is 16.3 Å². The first kappa shape index (κ1) is 20.5. The summed E-state index contributed by atoms with van der Waals surface area (Å²) in [6, 6.07) is 5.67. The van der Waals surface area contributed by atoms with Crippen LogP contribution in [0, 0.1) is 0 Å². The molecule has 1 aromatic rings. The van der Waals surface area contributed by atoms with Crippen molar-refractivity contribution in [2.75, 3.05) is 13.3 Å². The van der Waals surface area contributed by atoms with Gasteiger partial charge in [0.15, 0.2) is 0 Å². The lowest BCUT2D eigenvalue weighted by molar-refractivity contribution is -0.166. The van der Waals surface area contributed by atoms with Crippen LogP contribution in [-0.4, -0.2) is 38.1 Å². The molecule has 1 aromatic carbocycles. The molecule has 1 unspecified atom stereocenters. The van der Waals surface area contributed by atoms with Gasteiger partial charge in [-0.3, -0.25) is 14.5 Å². The maximum absolute atomic E-state index is 15.6. The number of carbonyl (C=O) groups excluding carboxylic acids is 2. The van der Waals surface area contributed by atoms with E-state index in [1.54, 1.807) is 12.1 Å². The van der Waals surface area contributed by atoms with Crippen LogP contribution in [-0.2, 0) is 20.0 Å². The van der Waals surface area contributed by atoms with Gasteiger partial charge in [-0.05, 0) is 28.0 Å². The highest BCUT2D eigenvalue weighted by molar-refractivity contribution is 9.10. The van der Waals surface area contributed by atoms with E-state index in [9.17, 15) is 9.59 Å². The standard InChI is InChI=1S/C17H22BrClFNO3Si/c1-25(2,3)10-9-24-11-21-14(22)7-8-17(20,16(21)23)12-5-4-6-13(18)15(12)19/h4-6H,7-11H2,1-3H3. The first-order chi connectivity index (χ1) is 11.6. The number of carbonyl (C=O) groups is 2. The van der Waals surface area contributed by atoms with Crippen molar-refractivity contribution < 1.29 is 18.7 Å². The smallest absolute Gasteiger partial charge is 0.273 e. The monoisotopic (exact) mass is 449 g/mol. The Balaban J connectivity index is 2.16. The maximum Gasteiger partial charge on any atom is 0.273 e. The molecule has 138 valence electrons. The van der Waals surface area contributed by atoms with Crippen LogP contribution < -0.4 is 0 Å². The van der Waals surface area contributed by atoms with Gasteiger partial charge < -0.3 is 4.74 Å². The van der Waals surface area contributed by atoms with E-state index < -0.39 is 25.6 Å². The minimum atomic E-state index is -2.32. The second-order valence-electron chi connectivity index (χ2n) is 7.38. The fourth-order valence-electron chi connectivity index (χ4n) is 2.57. The molecule has 25 heavy (non-hydrogen) atoms. The molecule has 4 nitrogen and oxygen atoms in total. The van der Waals surface area contributed by atoms with Crippen LogP contribution in [0.15, 0.2) is 22.7 Å². The molecule has 0 aromatic heterocycles. The van der Waals surface area contributed by atoms with Gasteiger partial charge in [0.1, 0.15) is 6.73 Å². The molecular formula is C17H22BrClFNO3Si. The van der Waals surface area contributed by atoms with Crippen LogP contribution in [0.4, 0.5) is 4.39 Å². The van der Waals surface area contributed by atoms with Crippen LogP contribution in [0.25, 0.3) is 0 Å². The first-order valence-electron chi connectivity index (χ1n) is 8.12. The first-order valence-corrected chi connectivity index (χ1v) is 13.0. The third-order valence-electron chi connectivity index (χ3n) is 4.16. The summed E-state index contributed by atoms with van der Waals surface area (Å²) >= 11 is 9.42. The van der Waals surface area contributed by atoms with E-state index in [0.29, 0.717) is 11.1 Å². The number of alkyl halides is 1. The molecule has 0 radical (unpaired) electrons. The van der Waals surface area contributed by atoms with Gasteiger partial charge >= 0.3 is 0 Å². The lowest BCUT2D eigenvalue weighted by atomic mass is 9.86. The molecule has 1 saturated heterocycles. The highest BCUT2D eigenvalue weighted by Crippen LogP contribution is 2.42. The molecule has 1 aliphatic heterocycles. The van der Waals surface area contributed by atoms with Crippen LogP contribution in [0.5, 0.6) is 0 Å². The van der Waals surface area contributed by atoms with E-state index in [1.165, 1.54) is 6.07 Å². The molecule has 0 saturated carbocycles. The molecule has 0 aliphatic carbocycles.